The Hall–Kier alpha value is -2.27. The molecule has 18 heavy (non-hydrogen) atoms. The van der Waals surface area contributed by atoms with Crippen molar-refractivity contribution in [3.05, 3.63) is 59.7 Å². The van der Waals surface area contributed by atoms with E-state index in [2.05, 4.69) is 4.36 Å². The molecule has 4 nitrogen and oxygen atoms in total. The third-order valence-corrected chi connectivity index (χ3v) is 2.73. The van der Waals surface area contributed by atoms with Crippen LogP contribution >= 0.6 is 0 Å². The van der Waals surface area contributed by atoms with Gasteiger partial charge < -0.3 is 5.73 Å². The van der Waals surface area contributed by atoms with Gasteiger partial charge in [0.1, 0.15) is 0 Å². The van der Waals surface area contributed by atoms with Crippen molar-refractivity contribution >= 4 is 28.6 Å². The van der Waals surface area contributed by atoms with Gasteiger partial charge in [0.05, 0.1) is 5.69 Å². The summed E-state index contributed by atoms with van der Waals surface area (Å²) in [6.07, 6.45) is 0. The first-order valence-electron chi connectivity index (χ1n) is 5.21. The van der Waals surface area contributed by atoms with Gasteiger partial charge >= 0.3 is 0 Å². The molecule has 0 unspecified atom stereocenters. The van der Waals surface area contributed by atoms with Crippen LogP contribution in [0.15, 0.2) is 52.9 Å². The van der Waals surface area contributed by atoms with E-state index in [0.29, 0.717) is 22.5 Å². The lowest BCUT2D eigenvalue weighted by Gasteiger charge is -2.01. The van der Waals surface area contributed by atoms with E-state index in [0.717, 1.165) is 0 Å². The molecule has 5 heteroatoms. The van der Waals surface area contributed by atoms with Crippen LogP contribution in [0.5, 0.6) is 0 Å². The number of nitrogens with zero attached hydrogens (tertiary/aromatic N) is 1. The first-order valence-corrected chi connectivity index (χ1v) is 5.91. The summed E-state index contributed by atoms with van der Waals surface area (Å²) in [5, 5.41) is 0. The second-order valence-corrected chi connectivity index (χ2v) is 4.00. The van der Waals surface area contributed by atoms with Gasteiger partial charge in [-0.15, -0.1) is 0 Å². The Morgan fingerprint density at radius 1 is 0.944 bits per heavy atom. The van der Waals surface area contributed by atoms with Crippen molar-refractivity contribution in [2.24, 2.45) is 4.36 Å². The average molecular weight is 258 g/mol. The molecule has 0 heterocycles. The molecule has 0 radical (unpaired) electrons. The van der Waals surface area contributed by atoms with Crippen molar-refractivity contribution in [3.8, 4) is 0 Å². The van der Waals surface area contributed by atoms with Crippen molar-refractivity contribution in [1.82, 2.24) is 0 Å². The Morgan fingerprint density at radius 3 is 1.94 bits per heavy atom. The molecule has 0 atom stereocenters. The number of hydrogen-bond acceptors (Lipinski definition) is 4. The highest BCUT2D eigenvalue weighted by Gasteiger charge is 2.08. The molecule has 0 aliphatic rings. The van der Waals surface area contributed by atoms with E-state index in [4.69, 9.17) is 5.73 Å². The van der Waals surface area contributed by atoms with Crippen molar-refractivity contribution in [2.75, 3.05) is 5.73 Å². The predicted molar refractivity (Wildman–Crippen MR) is 71.0 cm³/mol. The van der Waals surface area contributed by atoms with E-state index >= 15 is 0 Å². The molecular formula is C13H10N2O2S. The number of rotatable bonds is 3. The van der Waals surface area contributed by atoms with Crippen LogP contribution < -0.4 is 5.73 Å². The minimum atomic E-state index is -0.0867. The van der Waals surface area contributed by atoms with Gasteiger partial charge in [0.2, 0.25) is 11.5 Å². The summed E-state index contributed by atoms with van der Waals surface area (Å²) in [4.78, 5) is 12.1. The maximum atomic E-state index is 12.1. The third-order valence-electron chi connectivity index (χ3n) is 2.45. The Bertz CT molecular complexity index is 614. The molecule has 0 amide bonds. The smallest absolute Gasteiger partial charge is 0.205 e. The predicted octanol–water partition coefficient (Wildman–Crippen LogP) is 2.53. The SMILES string of the molecule is Nc1ccc(C(=O)c2ccc(N=S=O)cc2)cc1. The third kappa shape index (κ3) is 2.70. The van der Waals surface area contributed by atoms with E-state index in [1.54, 1.807) is 48.5 Å². The first-order chi connectivity index (χ1) is 8.70. The van der Waals surface area contributed by atoms with Crippen LogP contribution in [0.4, 0.5) is 11.4 Å². The first kappa shape index (κ1) is 12.2. The van der Waals surface area contributed by atoms with Crippen LogP contribution in [0, 0.1) is 0 Å². The molecule has 0 aliphatic heterocycles. The Balaban J connectivity index is 2.28. The van der Waals surface area contributed by atoms with Crippen LogP contribution in [0.3, 0.4) is 0 Å². The van der Waals surface area contributed by atoms with E-state index < -0.39 is 0 Å². The lowest BCUT2D eigenvalue weighted by atomic mass is 10.0. The summed E-state index contributed by atoms with van der Waals surface area (Å²) in [5.41, 5.74) is 7.85. The van der Waals surface area contributed by atoms with Gasteiger partial charge in [-0.1, -0.05) is 0 Å². The molecular weight excluding hydrogens is 248 g/mol. The van der Waals surface area contributed by atoms with E-state index in [-0.39, 0.29) is 17.2 Å². The van der Waals surface area contributed by atoms with Crippen LogP contribution in [0.1, 0.15) is 15.9 Å². The molecule has 0 fully saturated rings. The number of carbonyl (C=O) groups excluding carboxylic acids is 1. The zero-order chi connectivity index (χ0) is 13.0. The van der Waals surface area contributed by atoms with Crippen molar-refractivity contribution in [1.29, 1.82) is 0 Å². The number of anilines is 1. The molecule has 0 spiro atoms. The van der Waals surface area contributed by atoms with Gasteiger partial charge in [-0.2, -0.15) is 8.57 Å². The normalized spacial score (nSPS) is 9.78. The fourth-order valence-electron chi connectivity index (χ4n) is 1.52. The zero-order valence-electron chi connectivity index (χ0n) is 9.37. The van der Waals surface area contributed by atoms with Crippen LogP contribution in [-0.2, 0) is 11.5 Å². The molecule has 2 N–H and O–H groups in total. The lowest BCUT2D eigenvalue weighted by molar-refractivity contribution is 0.103. The number of hydrogen-bond donors (Lipinski definition) is 1. The number of carbonyl (C=O) groups is 1. The second-order valence-electron chi connectivity index (χ2n) is 3.66. The fraction of sp³-hybridized carbons (Fsp3) is 0. The van der Waals surface area contributed by atoms with Gasteiger partial charge in [-0.05, 0) is 48.5 Å². The minimum Gasteiger partial charge on any atom is -0.399 e. The Kier molecular flexibility index (Phi) is 3.64. The summed E-state index contributed by atoms with van der Waals surface area (Å²) >= 11 is 0.143. The topological polar surface area (TPSA) is 72.5 Å². The number of benzene rings is 2. The summed E-state index contributed by atoms with van der Waals surface area (Å²) in [6.45, 7) is 0. The molecule has 0 bridgehead atoms. The maximum absolute atomic E-state index is 12.1. The second kappa shape index (κ2) is 5.37. The monoisotopic (exact) mass is 258 g/mol. The molecule has 0 saturated heterocycles. The maximum Gasteiger partial charge on any atom is 0.205 e. The fourth-order valence-corrected chi connectivity index (χ4v) is 1.73. The standard InChI is InChI=1S/C13H10N2O2S/c14-11-5-1-9(2-6-11)13(16)10-3-7-12(8-4-10)15-18-17/h1-8H,14H2. The number of nitrogen functional groups attached to an aromatic ring is 1. The van der Waals surface area contributed by atoms with Crippen molar-refractivity contribution in [2.45, 2.75) is 0 Å². The molecule has 0 saturated carbocycles. The highest BCUT2D eigenvalue weighted by atomic mass is 32.1. The molecule has 90 valence electrons. The van der Waals surface area contributed by atoms with Gasteiger partial charge in [-0.3, -0.25) is 4.79 Å². The Morgan fingerprint density at radius 2 is 1.44 bits per heavy atom. The summed E-state index contributed by atoms with van der Waals surface area (Å²) < 4.78 is 13.9. The van der Waals surface area contributed by atoms with Crippen LogP contribution in [-0.4, -0.2) is 9.99 Å². The zero-order valence-corrected chi connectivity index (χ0v) is 10.2. The molecule has 0 aromatic heterocycles. The molecule has 2 aromatic rings. The summed E-state index contributed by atoms with van der Waals surface area (Å²) in [6, 6.07) is 13.3. The van der Waals surface area contributed by atoms with Gasteiger partial charge in [-0.25, -0.2) is 0 Å². The quantitative estimate of drug-likeness (QED) is 0.679. The largest absolute Gasteiger partial charge is 0.399 e. The molecule has 0 aliphatic carbocycles. The van der Waals surface area contributed by atoms with E-state index in [1.807, 2.05) is 0 Å². The number of ketones is 1. The van der Waals surface area contributed by atoms with E-state index in [9.17, 15) is 9.00 Å². The average Bonchev–Trinajstić information content (AvgIpc) is 2.40. The summed E-state index contributed by atoms with van der Waals surface area (Å²) in [5.74, 6) is -0.0867. The van der Waals surface area contributed by atoms with Gasteiger partial charge in [0.25, 0.3) is 0 Å². The van der Waals surface area contributed by atoms with Gasteiger partial charge in [0.15, 0.2) is 5.78 Å². The van der Waals surface area contributed by atoms with Crippen molar-refractivity contribution in [3.63, 3.8) is 0 Å². The summed E-state index contributed by atoms with van der Waals surface area (Å²) in [7, 11) is 0. The van der Waals surface area contributed by atoms with Crippen molar-refractivity contribution < 1.29 is 9.00 Å². The molecule has 2 aromatic carbocycles. The minimum absolute atomic E-state index is 0.0867. The highest BCUT2D eigenvalue weighted by molar-refractivity contribution is 7.54. The van der Waals surface area contributed by atoms with E-state index in [1.165, 1.54) is 0 Å². The molecule has 2 rings (SSSR count). The van der Waals surface area contributed by atoms with Crippen LogP contribution in [0.2, 0.25) is 0 Å². The number of nitrogens with two attached hydrogens (primary N) is 1. The Labute approximate surface area is 108 Å². The van der Waals surface area contributed by atoms with Gasteiger partial charge in [0, 0.05) is 16.8 Å². The lowest BCUT2D eigenvalue weighted by Crippen LogP contribution is -2.00. The highest BCUT2D eigenvalue weighted by Crippen LogP contribution is 2.16. The van der Waals surface area contributed by atoms with Crippen LogP contribution in [0.25, 0.3) is 0 Å².